The highest BCUT2D eigenvalue weighted by Crippen LogP contribution is 2.26. The van der Waals surface area contributed by atoms with Crippen molar-refractivity contribution < 1.29 is 9.53 Å². The number of rotatable bonds is 3. The zero-order valence-corrected chi connectivity index (χ0v) is 11.1. The van der Waals surface area contributed by atoms with E-state index in [0.29, 0.717) is 11.7 Å². The first-order valence-electron chi connectivity index (χ1n) is 5.86. The lowest BCUT2D eigenvalue weighted by molar-refractivity contribution is -0.117. The van der Waals surface area contributed by atoms with Gasteiger partial charge in [0.25, 0.3) is 0 Å². The number of H-pyrrole nitrogens is 1. The van der Waals surface area contributed by atoms with Crippen molar-refractivity contribution in [1.82, 2.24) is 10.2 Å². The van der Waals surface area contributed by atoms with E-state index in [-0.39, 0.29) is 18.3 Å². The number of hydrogen-bond acceptors (Lipinski definition) is 4. The van der Waals surface area contributed by atoms with E-state index in [1.54, 1.807) is 6.92 Å². The number of hydrogen-bond donors (Lipinski definition) is 3. The predicted octanol–water partition coefficient (Wildman–Crippen LogP) is 1.01. The highest BCUT2D eigenvalue weighted by Gasteiger charge is 2.18. The fourth-order valence-electron chi connectivity index (χ4n) is 1.86. The molecule has 2 heterocycles. The Labute approximate surface area is 112 Å². The van der Waals surface area contributed by atoms with Crippen molar-refractivity contribution in [2.24, 2.45) is 5.73 Å². The lowest BCUT2D eigenvalue weighted by Gasteiger charge is -2.20. The molecule has 1 aromatic rings. The fourth-order valence-corrected chi connectivity index (χ4v) is 1.86. The number of ether oxygens (including phenoxy) is 1. The van der Waals surface area contributed by atoms with Gasteiger partial charge in [-0.2, -0.15) is 5.10 Å². The molecule has 7 heteroatoms. The molecule has 1 atom stereocenters. The molecule has 0 unspecified atom stereocenters. The molecule has 1 aliphatic heterocycles. The summed E-state index contributed by atoms with van der Waals surface area (Å²) in [5.41, 5.74) is 6.52. The van der Waals surface area contributed by atoms with Gasteiger partial charge in [-0.05, 0) is 19.8 Å². The summed E-state index contributed by atoms with van der Waals surface area (Å²) in [5, 5.41) is 9.68. The molecule has 0 spiro atoms. The Kier molecular flexibility index (Phi) is 5.58. The summed E-state index contributed by atoms with van der Waals surface area (Å²) >= 11 is 0. The number of anilines is 1. The van der Waals surface area contributed by atoms with E-state index in [0.717, 1.165) is 31.7 Å². The van der Waals surface area contributed by atoms with E-state index < -0.39 is 6.04 Å². The molecule has 0 bridgehead atoms. The van der Waals surface area contributed by atoms with Crippen LogP contribution in [0.4, 0.5) is 5.82 Å². The third-order valence-electron chi connectivity index (χ3n) is 2.92. The number of nitrogens with two attached hydrogens (primary N) is 1. The molecule has 1 amide bonds. The molecular weight excluding hydrogens is 256 g/mol. The van der Waals surface area contributed by atoms with Gasteiger partial charge in [0.1, 0.15) is 0 Å². The number of nitrogens with zero attached hydrogens (tertiary/aromatic N) is 1. The number of aromatic nitrogens is 2. The zero-order valence-electron chi connectivity index (χ0n) is 10.3. The van der Waals surface area contributed by atoms with Crippen LogP contribution >= 0.6 is 12.4 Å². The van der Waals surface area contributed by atoms with E-state index in [4.69, 9.17) is 10.5 Å². The molecule has 102 valence electrons. The van der Waals surface area contributed by atoms with Crippen LogP contribution in [0.5, 0.6) is 0 Å². The van der Waals surface area contributed by atoms with Crippen molar-refractivity contribution >= 4 is 24.1 Å². The van der Waals surface area contributed by atoms with Crippen LogP contribution in [0, 0.1) is 0 Å². The summed E-state index contributed by atoms with van der Waals surface area (Å²) in [6.07, 6.45) is 1.98. The highest BCUT2D eigenvalue weighted by molar-refractivity contribution is 5.93. The molecule has 1 aromatic heterocycles. The van der Waals surface area contributed by atoms with E-state index in [2.05, 4.69) is 15.5 Å². The molecule has 18 heavy (non-hydrogen) atoms. The van der Waals surface area contributed by atoms with Crippen molar-refractivity contribution in [3.63, 3.8) is 0 Å². The van der Waals surface area contributed by atoms with Crippen molar-refractivity contribution in [1.29, 1.82) is 0 Å². The molecule has 4 N–H and O–H groups in total. The van der Waals surface area contributed by atoms with Gasteiger partial charge in [0.15, 0.2) is 5.82 Å². The lowest BCUT2D eigenvalue weighted by atomic mass is 9.97. The Morgan fingerprint density at radius 2 is 2.28 bits per heavy atom. The second-order valence-electron chi connectivity index (χ2n) is 4.37. The Morgan fingerprint density at radius 3 is 2.89 bits per heavy atom. The third-order valence-corrected chi connectivity index (χ3v) is 2.92. The topological polar surface area (TPSA) is 93.0 Å². The number of carbonyl (C=O) groups is 1. The third kappa shape index (κ3) is 3.69. The van der Waals surface area contributed by atoms with E-state index >= 15 is 0 Å². The van der Waals surface area contributed by atoms with Crippen LogP contribution in [-0.2, 0) is 9.53 Å². The van der Waals surface area contributed by atoms with E-state index in [1.165, 1.54) is 0 Å². The first-order valence-corrected chi connectivity index (χ1v) is 5.86. The molecule has 0 radical (unpaired) electrons. The minimum Gasteiger partial charge on any atom is -0.381 e. The second-order valence-corrected chi connectivity index (χ2v) is 4.37. The van der Waals surface area contributed by atoms with Crippen LogP contribution in [0.25, 0.3) is 0 Å². The minimum atomic E-state index is -0.529. The quantitative estimate of drug-likeness (QED) is 0.767. The van der Waals surface area contributed by atoms with Gasteiger partial charge in [0.05, 0.1) is 6.04 Å². The van der Waals surface area contributed by atoms with Crippen LogP contribution in [0.15, 0.2) is 6.07 Å². The van der Waals surface area contributed by atoms with Crippen molar-refractivity contribution in [3.8, 4) is 0 Å². The van der Waals surface area contributed by atoms with Gasteiger partial charge in [0, 0.05) is 30.9 Å². The maximum atomic E-state index is 11.4. The van der Waals surface area contributed by atoms with E-state index in [9.17, 15) is 4.79 Å². The molecule has 0 aromatic carbocycles. The molecule has 0 saturated carbocycles. The van der Waals surface area contributed by atoms with Crippen LogP contribution in [0.2, 0.25) is 0 Å². The molecule has 1 saturated heterocycles. The summed E-state index contributed by atoms with van der Waals surface area (Å²) < 4.78 is 5.30. The molecule has 1 fully saturated rings. The zero-order chi connectivity index (χ0) is 12.3. The fraction of sp³-hybridized carbons (Fsp3) is 0.636. The van der Waals surface area contributed by atoms with Crippen LogP contribution in [0.1, 0.15) is 31.4 Å². The first-order chi connectivity index (χ1) is 8.16. The van der Waals surface area contributed by atoms with E-state index in [1.807, 2.05) is 6.07 Å². The average molecular weight is 275 g/mol. The summed E-state index contributed by atoms with van der Waals surface area (Å²) in [6, 6.07) is 1.34. The van der Waals surface area contributed by atoms with Gasteiger partial charge in [-0.1, -0.05) is 0 Å². The summed E-state index contributed by atoms with van der Waals surface area (Å²) in [5.74, 6) is 0.751. The van der Waals surface area contributed by atoms with Crippen LogP contribution in [-0.4, -0.2) is 35.4 Å². The maximum absolute atomic E-state index is 11.4. The Balaban J connectivity index is 0.00000162. The lowest BCUT2D eigenvalue weighted by Crippen LogP contribution is -2.32. The highest BCUT2D eigenvalue weighted by atomic mass is 35.5. The first kappa shape index (κ1) is 14.9. The standard InChI is InChI=1S/C11H18N4O2.ClH/c1-7(12)11(16)13-10-6-9(14-15-10)8-2-4-17-5-3-8;/h6-8H,2-5,12H2,1H3,(H2,13,14,15,16);1H/t7-;/m1./s1. The summed E-state index contributed by atoms with van der Waals surface area (Å²) in [7, 11) is 0. The molecular formula is C11H19ClN4O2. The van der Waals surface area contributed by atoms with Gasteiger partial charge in [-0.3, -0.25) is 9.89 Å². The number of halogens is 1. The largest absolute Gasteiger partial charge is 0.381 e. The number of aromatic amines is 1. The summed E-state index contributed by atoms with van der Waals surface area (Å²) in [6.45, 7) is 3.21. The molecule has 1 aliphatic rings. The van der Waals surface area contributed by atoms with Crippen molar-refractivity contribution in [3.05, 3.63) is 11.8 Å². The Morgan fingerprint density at radius 1 is 1.61 bits per heavy atom. The van der Waals surface area contributed by atoms with Crippen molar-refractivity contribution in [2.75, 3.05) is 18.5 Å². The van der Waals surface area contributed by atoms with Gasteiger partial charge < -0.3 is 15.8 Å². The molecule has 6 nitrogen and oxygen atoms in total. The van der Waals surface area contributed by atoms with Gasteiger partial charge in [-0.25, -0.2) is 0 Å². The van der Waals surface area contributed by atoms with Gasteiger partial charge in [-0.15, -0.1) is 12.4 Å². The van der Waals surface area contributed by atoms with Crippen molar-refractivity contribution in [2.45, 2.75) is 31.7 Å². The Bertz CT molecular complexity index is 388. The smallest absolute Gasteiger partial charge is 0.242 e. The average Bonchev–Trinajstić information content (AvgIpc) is 2.78. The van der Waals surface area contributed by atoms with Gasteiger partial charge in [0.2, 0.25) is 5.91 Å². The monoisotopic (exact) mass is 274 g/mol. The number of carbonyl (C=O) groups excluding carboxylic acids is 1. The molecule has 0 aliphatic carbocycles. The summed E-state index contributed by atoms with van der Waals surface area (Å²) in [4.78, 5) is 11.4. The van der Waals surface area contributed by atoms with Crippen LogP contribution in [0.3, 0.4) is 0 Å². The minimum absolute atomic E-state index is 0. The second kappa shape index (κ2) is 6.72. The van der Waals surface area contributed by atoms with Crippen LogP contribution < -0.4 is 11.1 Å². The van der Waals surface area contributed by atoms with Gasteiger partial charge >= 0.3 is 0 Å². The molecule has 2 rings (SSSR count). The normalized spacial score (nSPS) is 17.9. The predicted molar refractivity (Wildman–Crippen MR) is 70.9 cm³/mol. The SMILES string of the molecule is C[C@@H](N)C(=O)Nc1cc(C2CCOCC2)[nH]n1.Cl. The number of amides is 1. The maximum Gasteiger partial charge on any atom is 0.242 e. The number of nitrogens with one attached hydrogen (secondary N) is 2. The Hall–Kier alpha value is -1.11.